The van der Waals surface area contributed by atoms with E-state index in [9.17, 15) is 14.7 Å². The number of carboxylic acids is 1. The van der Waals surface area contributed by atoms with E-state index in [-0.39, 0.29) is 12.3 Å². The van der Waals surface area contributed by atoms with Crippen molar-refractivity contribution in [3.05, 3.63) is 18.0 Å². The van der Waals surface area contributed by atoms with Crippen LogP contribution in [0.3, 0.4) is 0 Å². The van der Waals surface area contributed by atoms with Crippen LogP contribution in [0.1, 0.15) is 56.6 Å². The number of nitrogens with zero attached hydrogens (tertiary/aromatic N) is 3. The number of piperidine rings is 1. The molecule has 3 rings (SSSR count). The average molecular weight is 349 g/mol. The Morgan fingerprint density at radius 2 is 2.12 bits per heavy atom. The second kappa shape index (κ2) is 7.99. The summed E-state index contributed by atoms with van der Waals surface area (Å²) in [6.45, 7) is 1.14. The van der Waals surface area contributed by atoms with Crippen LogP contribution in [0.4, 0.5) is 0 Å². The molecule has 2 atom stereocenters. The lowest BCUT2D eigenvalue weighted by molar-refractivity contribution is -0.152. The van der Waals surface area contributed by atoms with Crippen molar-refractivity contribution in [1.29, 1.82) is 0 Å². The van der Waals surface area contributed by atoms with Crippen LogP contribution in [-0.4, -0.2) is 50.9 Å². The Morgan fingerprint density at radius 3 is 2.76 bits per heavy atom. The Bertz CT molecular complexity index is 609. The number of carbonyl (C=O) groups is 2. The Kier molecular flexibility index (Phi) is 5.73. The van der Waals surface area contributed by atoms with E-state index in [0.717, 1.165) is 24.8 Å². The monoisotopic (exact) mass is 349 g/mol. The van der Waals surface area contributed by atoms with Gasteiger partial charge in [0.25, 0.3) is 0 Å². The smallest absolute Gasteiger partial charge is 0.308 e. The predicted octanol–water partition coefficient (Wildman–Crippen LogP) is 2.13. The van der Waals surface area contributed by atoms with Gasteiger partial charge in [0.2, 0.25) is 5.91 Å². The summed E-state index contributed by atoms with van der Waals surface area (Å²) in [6, 6.07) is -0.445. The Balaban J connectivity index is 1.66. The second-order valence-corrected chi connectivity index (χ2v) is 7.09. The van der Waals surface area contributed by atoms with Gasteiger partial charge in [-0.1, -0.05) is 12.8 Å². The molecule has 1 aromatic rings. The number of likely N-dealkylation sites (tertiary alicyclic amines) is 1. The summed E-state index contributed by atoms with van der Waals surface area (Å²) in [5, 5.41) is 13.8. The second-order valence-electron chi connectivity index (χ2n) is 7.09. The van der Waals surface area contributed by atoms with Gasteiger partial charge in [0, 0.05) is 38.4 Å². The van der Waals surface area contributed by atoms with Crippen molar-refractivity contribution in [1.82, 2.24) is 14.7 Å². The number of carbonyl (C=O) groups excluding carboxylic acids is 1. The fourth-order valence-electron chi connectivity index (χ4n) is 4.02. The van der Waals surface area contributed by atoms with E-state index in [0.29, 0.717) is 25.7 Å². The van der Waals surface area contributed by atoms with Crippen molar-refractivity contribution in [3.63, 3.8) is 0 Å². The third-order valence-electron chi connectivity index (χ3n) is 5.29. The molecule has 1 saturated heterocycles. The summed E-state index contributed by atoms with van der Waals surface area (Å²) in [4.78, 5) is 25.9. The van der Waals surface area contributed by atoms with Gasteiger partial charge < -0.3 is 14.7 Å². The highest BCUT2D eigenvalue weighted by molar-refractivity contribution is 5.81. The molecular weight excluding hydrogens is 322 g/mol. The molecule has 0 spiro atoms. The molecular formula is C18H27N3O4. The first-order valence-corrected chi connectivity index (χ1v) is 9.18. The number of ether oxygens (including phenoxy) is 1. The van der Waals surface area contributed by atoms with Gasteiger partial charge in [-0.25, -0.2) is 0 Å². The van der Waals surface area contributed by atoms with E-state index < -0.39 is 17.9 Å². The molecule has 0 aromatic carbocycles. The van der Waals surface area contributed by atoms with Gasteiger partial charge in [0.15, 0.2) is 0 Å². The zero-order valence-electron chi connectivity index (χ0n) is 14.8. The summed E-state index contributed by atoms with van der Waals surface area (Å²) in [5.74, 6) is -1.42. The molecule has 1 aromatic heterocycles. The predicted molar refractivity (Wildman–Crippen MR) is 90.8 cm³/mol. The van der Waals surface area contributed by atoms with Crippen molar-refractivity contribution >= 4 is 11.9 Å². The number of aromatic nitrogens is 2. The summed E-state index contributed by atoms with van der Waals surface area (Å²) in [5.41, 5.74) is 0.791. The average Bonchev–Trinajstić information content (AvgIpc) is 3.23. The van der Waals surface area contributed by atoms with Gasteiger partial charge in [-0.15, -0.1) is 0 Å². The molecule has 0 bridgehead atoms. The van der Waals surface area contributed by atoms with Crippen molar-refractivity contribution in [2.75, 3.05) is 13.2 Å². The first kappa shape index (κ1) is 17.9. The molecule has 7 heteroatoms. The molecule has 0 unspecified atom stereocenters. The third kappa shape index (κ3) is 4.21. The van der Waals surface area contributed by atoms with Crippen molar-refractivity contribution in [2.45, 2.75) is 57.1 Å². The van der Waals surface area contributed by atoms with E-state index in [1.54, 1.807) is 29.0 Å². The summed E-state index contributed by atoms with van der Waals surface area (Å²) in [7, 11) is 1.80. The number of aryl methyl sites for hydroxylation is 1. The number of rotatable bonds is 7. The highest BCUT2D eigenvalue weighted by Gasteiger charge is 2.41. The van der Waals surface area contributed by atoms with Crippen molar-refractivity contribution in [2.24, 2.45) is 13.0 Å². The van der Waals surface area contributed by atoms with Crippen molar-refractivity contribution in [3.8, 4) is 0 Å². The fraction of sp³-hybridized carbons (Fsp3) is 0.722. The Morgan fingerprint density at radius 1 is 1.36 bits per heavy atom. The maximum absolute atomic E-state index is 12.5. The molecule has 1 N–H and O–H groups in total. The lowest BCUT2D eigenvalue weighted by Crippen LogP contribution is -2.45. The van der Waals surface area contributed by atoms with E-state index in [4.69, 9.17) is 4.74 Å². The summed E-state index contributed by atoms with van der Waals surface area (Å²) >= 11 is 0. The van der Waals surface area contributed by atoms with Gasteiger partial charge in [-0.05, 0) is 25.7 Å². The van der Waals surface area contributed by atoms with Gasteiger partial charge in [-0.2, -0.15) is 5.10 Å². The third-order valence-corrected chi connectivity index (χ3v) is 5.29. The van der Waals surface area contributed by atoms with Gasteiger partial charge in [-0.3, -0.25) is 14.3 Å². The molecule has 2 heterocycles. The minimum Gasteiger partial charge on any atom is -0.481 e. The fourth-order valence-corrected chi connectivity index (χ4v) is 4.02. The molecule has 1 amide bonds. The molecule has 2 fully saturated rings. The molecule has 25 heavy (non-hydrogen) atoms. The minimum atomic E-state index is -0.853. The number of hydrogen-bond donors (Lipinski definition) is 1. The van der Waals surface area contributed by atoms with E-state index in [2.05, 4.69) is 5.10 Å². The van der Waals surface area contributed by atoms with Crippen molar-refractivity contribution < 1.29 is 19.4 Å². The molecule has 138 valence electrons. The molecule has 7 nitrogen and oxygen atoms in total. The van der Waals surface area contributed by atoms with Crippen LogP contribution >= 0.6 is 0 Å². The first-order chi connectivity index (χ1) is 12.1. The maximum atomic E-state index is 12.5. The molecule has 1 aliphatic carbocycles. The van der Waals surface area contributed by atoms with Gasteiger partial charge in [0.05, 0.1) is 24.3 Å². The number of carboxylic acid groups (broad SMARTS) is 1. The molecule has 2 aliphatic rings. The van der Waals surface area contributed by atoms with Crippen LogP contribution in [0, 0.1) is 5.92 Å². The Labute approximate surface area is 147 Å². The SMILES string of the molecule is Cn1cc([C@@H]2[C@@H](C(=O)O)CCC(=O)N2CCCOC2CCCC2)cn1. The minimum absolute atomic E-state index is 0.0206. The lowest BCUT2D eigenvalue weighted by Gasteiger charge is -2.39. The zero-order valence-corrected chi connectivity index (χ0v) is 14.8. The molecule has 1 saturated carbocycles. The Hall–Kier alpha value is -1.89. The molecule has 1 aliphatic heterocycles. The highest BCUT2D eigenvalue weighted by atomic mass is 16.5. The standard InChI is InChI=1S/C18H27N3O4/c1-20-12-13(11-19-20)17-15(18(23)24)7-8-16(22)21(17)9-4-10-25-14-5-2-3-6-14/h11-12,14-15,17H,2-10H2,1H3,(H,23,24)/t15-,17+/m0/s1. The maximum Gasteiger partial charge on any atom is 0.308 e. The summed E-state index contributed by atoms with van der Waals surface area (Å²) < 4.78 is 7.53. The van der Waals surface area contributed by atoms with Crippen LogP contribution in [0.5, 0.6) is 0 Å². The highest BCUT2D eigenvalue weighted by Crippen LogP contribution is 2.36. The number of amides is 1. The van der Waals surface area contributed by atoms with Crippen LogP contribution in [0.25, 0.3) is 0 Å². The lowest BCUT2D eigenvalue weighted by atomic mass is 9.85. The van der Waals surface area contributed by atoms with Crippen LogP contribution in [-0.2, 0) is 21.4 Å². The number of hydrogen-bond acceptors (Lipinski definition) is 4. The van der Waals surface area contributed by atoms with Crippen LogP contribution in [0.15, 0.2) is 12.4 Å². The first-order valence-electron chi connectivity index (χ1n) is 9.18. The summed E-state index contributed by atoms with van der Waals surface area (Å²) in [6.07, 6.45) is 9.95. The van der Waals surface area contributed by atoms with Crippen LogP contribution in [0.2, 0.25) is 0 Å². The van der Waals surface area contributed by atoms with E-state index >= 15 is 0 Å². The van der Waals surface area contributed by atoms with Gasteiger partial charge >= 0.3 is 5.97 Å². The quantitative estimate of drug-likeness (QED) is 0.762. The van der Waals surface area contributed by atoms with Gasteiger partial charge in [0.1, 0.15) is 0 Å². The largest absolute Gasteiger partial charge is 0.481 e. The molecule has 0 radical (unpaired) electrons. The van der Waals surface area contributed by atoms with E-state index in [1.807, 2.05) is 0 Å². The normalized spacial score (nSPS) is 24.8. The van der Waals surface area contributed by atoms with E-state index in [1.165, 1.54) is 12.8 Å². The zero-order chi connectivity index (χ0) is 17.8. The number of aliphatic carboxylic acids is 1. The van der Waals surface area contributed by atoms with Crippen LogP contribution < -0.4 is 0 Å². The topological polar surface area (TPSA) is 84.7 Å².